The van der Waals surface area contributed by atoms with Crippen molar-refractivity contribution in [2.75, 3.05) is 6.61 Å². The first-order chi connectivity index (χ1) is 6.70. The Balaban J connectivity index is 2.36. The van der Waals surface area contributed by atoms with Crippen molar-refractivity contribution in [3.05, 3.63) is 21.9 Å². The molecule has 0 saturated heterocycles. The molecule has 0 fully saturated rings. The SMILES string of the molecule is CCOC(=O)c1cn2cc(Br)sc2n1. The second-order valence-electron chi connectivity index (χ2n) is 2.57. The monoisotopic (exact) mass is 274 g/mol. The summed E-state index contributed by atoms with van der Waals surface area (Å²) in [6.07, 6.45) is 3.52. The van der Waals surface area contributed by atoms with Crippen molar-refractivity contribution in [1.82, 2.24) is 9.38 Å². The molecule has 0 spiro atoms. The van der Waals surface area contributed by atoms with Gasteiger partial charge in [0.25, 0.3) is 0 Å². The number of nitrogens with zero attached hydrogens (tertiary/aromatic N) is 2. The van der Waals surface area contributed by atoms with E-state index in [0.29, 0.717) is 12.3 Å². The van der Waals surface area contributed by atoms with Crippen LogP contribution in [0.1, 0.15) is 17.4 Å². The first-order valence-corrected chi connectivity index (χ1v) is 5.63. The smallest absolute Gasteiger partial charge is 0.358 e. The predicted octanol–water partition coefficient (Wildman–Crippen LogP) is 2.34. The van der Waals surface area contributed by atoms with E-state index in [2.05, 4.69) is 20.9 Å². The van der Waals surface area contributed by atoms with Gasteiger partial charge in [0.15, 0.2) is 10.7 Å². The largest absolute Gasteiger partial charge is 0.461 e. The van der Waals surface area contributed by atoms with Gasteiger partial charge in [0.2, 0.25) is 0 Å². The molecule has 0 aliphatic heterocycles. The lowest BCUT2D eigenvalue weighted by Crippen LogP contribution is -2.04. The number of rotatable bonds is 2. The van der Waals surface area contributed by atoms with Crippen LogP contribution in [-0.4, -0.2) is 22.0 Å². The van der Waals surface area contributed by atoms with Crippen molar-refractivity contribution in [3.8, 4) is 0 Å². The number of carbonyl (C=O) groups is 1. The van der Waals surface area contributed by atoms with Gasteiger partial charge in [-0.2, -0.15) is 0 Å². The van der Waals surface area contributed by atoms with Gasteiger partial charge in [-0.05, 0) is 22.9 Å². The van der Waals surface area contributed by atoms with E-state index in [0.717, 1.165) is 8.75 Å². The lowest BCUT2D eigenvalue weighted by atomic mass is 10.5. The molecule has 74 valence electrons. The molecule has 0 aliphatic carbocycles. The average molecular weight is 275 g/mol. The molecule has 2 heterocycles. The number of imidazole rings is 1. The summed E-state index contributed by atoms with van der Waals surface area (Å²) in [6, 6.07) is 0. The van der Waals surface area contributed by atoms with Crippen LogP contribution in [0.2, 0.25) is 0 Å². The number of halogens is 1. The minimum Gasteiger partial charge on any atom is -0.461 e. The minimum atomic E-state index is -0.375. The fourth-order valence-corrected chi connectivity index (χ4v) is 2.42. The van der Waals surface area contributed by atoms with Crippen LogP contribution in [0.15, 0.2) is 16.2 Å². The van der Waals surface area contributed by atoms with Crippen LogP contribution in [0.4, 0.5) is 0 Å². The van der Waals surface area contributed by atoms with Gasteiger partial charge < -0.3 is 4.74 Å². The Morgan fingerprint density at radius 2 is 2.50 bits per heavy atom. The molecular weight excluding hydrogens is 268 g/mol. The minimum absolute atomic E-state index is 0.352. The third kappa shape index (κ3) is 1.67. The Hall–Kier alpha value is -0.880. The Bertz CT molecular complexity index is 445. The summed E-state index contributed by atoms with van der Waals surface area (Å²) in [4.78, 5) is 16.2. The van der Waals surface area contributed by atoms with E-state index < -0.39 is 0 Å². The molecule has 0 unspecified atom stereocenters. The van der Waals surface area contributed by atoms with Gasteiger partial charge in [-0.3, -0.25) is 4.40 Å². The van der Waals surface area contributed by atoms with Gasteiger partial charge in [-0.25, -0.2) is 9.78 Å². The van der Waals surface area contributed by atoms with Gasteiger partial charge in [-0.15, -0.1) is 0 Å². The van der Waals surface area contributed by atoms with Crippen LogP contribution >= 0.6 is 27.3 Å². The van der Waals surface area contributed by atoms with Crippen molar-refractivity contribution in [3.63, 3.8) is 0 Å². The Morgan fingerprint density at radius 1 is 1.71 bits per heavy atom. The highest BCUT2D eigenvalue weighted by atomic mass is 79.9. The molecule has 4 nitrogen and oxygen atoms in total. The maximum Gasteiger partial charge on any atom is 0.358 e. The number of aromatic nitrogens is 2. The van der Waals surface area contributed by atoms with Crippen molar-refractivity contribution in [2.24, 2.45) is 0 Å². The standard InChI is InChI=1S/C8H7BrN2O2S/c1-2-13-7(12)5-3-11-4-6(9)14-8(11)10-5/h3-4H,2H2,1H3. The molecule has 2 aromatic heterocycles. The van der Waals surface area contributed by atoms with E-state index in [1.54, 1.807) is 17.5 Å². The van der Waals surface area contributed by atoms with Crippen molar-refractivity contribution >= 4 is 38.2 Å². The summed E-state index contributed by atoms with van der Waals surface area (Å²) in [5.41, 5.74) is 0.352. The molecule has 0 saturated carbocycles. The van der Waals surface area contributed by atoms with Crippen molar-refractivity contribution < 1.29 is 9.53 Å². The van der Waals surface area contributed by atoms with Crippen LogP contribution < -0.4 is 0 Å². The lowest BCUT2D eigenvalue weighted by Gasteiger charge is -1.95. The molecule has 6 heteroatoms. The van der Waals surface area contributed by atoms with E-state index in [1.807, 2.05) is 6.20 Å². The molecule has 0 aliphatic rings. The zero-order chi connectivity index (χ0) is 10.1. The number of hydrogen-bond donors (Lipinski definition) is 0. The number of esters is 1. The highest BCUT2D eigenvalue weighted by Gasteiger charge is 2.12. The van der Waals surface area contributed by atoms with Crippen LogP contribution in [-0.2, 0) is 4.74 Å². The van der Waals surface area contributed by atoms with Crippen molar-refractivity contribution in [2.45, 2.75) is 6.92 Å². The summed E-state index contributed by atoms with van der Waals surface area (Å²) in [6.45, 7) is 2.14. The second-order valence-corrected chi connectivity index (χ2v) is 4.96. The van der Waals surface area contributed by atoms with Crippen LogP contribution in [0, 0.1) is 0 Å². The van der Waals surface area contributed by atoms with Crippen LogP contribution in [0.5, 0.6) is 0 Å². The number of thiazole rings is 1. The Morgan fingerprint density at radius 3 is 3.14 bits per heavy atom. The fourth-order valence-electron chi connectivity index (χ4n) is 1.07. The number of carbonyl (C=O) groups excluding carboxylic acids is 1. The predicted molar refractivity (Wildman–Crippen MR) is 56.7 cm³/mol. The van der Waals surface area contributed by atoms with E-state index in [-0.39, 0.29) is 5.97 Å². The quantitative estimate of drug-likeness (QED) is 0.790. The van der Waals surface area contributed by atoms with Crippen molar-refractivity contribution in [1.29, 1.82) is 0 Å². The van der Waals surface area contributed by atoms with E-state index in [4.69, 9.17) is 4.74 Å². The third-order valence-electron chi connectivity index (χ3n) is 1.61. The maximum absolute atomic E-state index is 11.3. The first kappa shape index (κ1) is 9.67. The molecule has 0 atom stereocenters. The van der Waals surface area contributed by atoms with Crippen LogP contribution in [0.25, 0.3) is 4.96 Å². The topological polar surface area (TPSA) is 43.6 Å². The average Bonchev–Trinajstić information content (AvgIpc) is 2.61. The Kier molecular flexibility index (Phi) is 2.56. The van der Waals surface area contributed by atoms with Crippen LogP contribution in [0.3, 0.4) is 0 Å². The van der Waals surface area contributed by atoms with Gasteiger partial charge >= 0.3 is 5.97 Å². The van der Waals surface area contributed by atoms with Gasteiger partial charge in [-0.1, -0.05) is 11.3 Å². The van der Waals surface area contributed by atoms with Gasteiger partial charge in [0.1, 0.15) is 0 Å². The summed E-state index contributed by atoms with van der Waals surface area (Å²) < 4.78 is 7.61. The maximum atomic E-state index is 11.3. The summed E-state index contributed by atoms with van der Waals surface area (Å²) in [5.74, 6) is -0.375. The number of ether oxygens (including phenoxy) is 1. The molecule has 14 heavy (non-hydrogen) atoms. The first-order valence-electron chi connectivity index (χ1n) is 4.02. The molecular formula is C8H7BrN2O2S. The molecule has 0 radical (unpaired) electrons. The molecule has 0 amide bonds. The zero-order valence-corrected chi connectivity index (χ0v) is 9.76. The van der Waals surface area contributed by atoms with Gasteiger partial charge in [0, 0.05) is 12.4 Å². The highest BCUT2D eigenvalue weighted by Crippen LogP contribution is 2.22. The zero-order valence-electron chi connectivity index (χ0n) is 7.36. The fraction of sp³-hybridized carbons (Fsp3) is 0.250. The van der Waals surface area contributed by atoms with E-state index in [1.165, 1.54) is 11.3 Å². The van der Waals surface area contributed by atoms with E-state index >= 15 is 0 Å². The molecule has 0 aromatic carbocycles. The summed E-state index contributed by atoms with van der Waals surface area (Å²) >= 11 is 4.81. The van der Waals surface area contributed by atoms with Gasteiger partial charge in [0.05, 0.1) is 10.4 Å². The number of fused-ring (bicyclic) bond motifs is 1. The molecule has 0 bridgehead atoms. The Labute approximate surface area is 92.6 Å². The molecule has 2 rings (SSSR count). The number of hydrogen-bond acceptors (Lipinski definition) is 4. The second kappa shape index (κ2) is 3.70. The highest BCUT2D eigenvalue weighted by molar-refractivity contribution is 9.11. The summed E-state index contributed by atoms with van der Waals surface area (Å²) in [5, 5.41) is 0. The normalized spacial score (nSPS) is 10.7. The molecule has 0 N–H and O–H groups in total. The lowest BCUT2D eigenvalue weighted by molar-refractivity contribution is 0.0520. The summed E-state index contributed by atoms with van der Waals surface area (Å²) in [7, 11) is 0. The van der Waals surface area contributed by atoms with E-state index in [9.17, 15) is 4.79 Å². The third-order valence-corrected chi connectivity index (χ3v) is 3.09. The molecule has 2 aromatic rings.